The third-order valence-corrected chi connectivity index (χ3v) is 4.94. The van der Waals surface area contributed by atoms with E-state index in [1.807, 2.05) is 0 Å². The van der Waals surface area contributed by atoms with Gasteiger partial charge in [0.15, 0.2) is 0 Å². The van der Waals surface area contributed by atoms with Crippen molar-refractivity contribution in [2.75, 3.05) is 6.54 Å². The molecule has 27 heavy (non-hydrogen) atoms. The Hall–Kier alpha value is -1.58. The lowest BCUT2D eigenvalue weighted by Crippen LogP contribution is -2.25. The highest BCUT2D eigenvalue weighted by Gasteiger charge is 2.01. The highest BCUT2D eigenvalue weighted by molar-refractivity contribution is 5.75. The lowest BCUT2D eigenvalue weighted by atomic mass is 10.1. The van der Waals surface area contributed by atoms with Gasteiger partial charge in [0.1, 0.15) is 0 Å². The summed E-state index contributed by atoms with van der Waals surface area (Å²) in [5, 5.41) is 2.97. The van der Waals surface area contributed by atoms with Gasteiger partial charge in [-0.25, -0.2) is 4.98 Å². The molecule has 0 saturated heterocycles. The summed E-state index contributed by atoms with van der Waals surface area (Å²) in [6, 6.07) is 0. The topological polar surface area (TPSA) is 57.8 Å². The number of carbonyl (C=O) groups excluding carboxylic acids is 1. The van der Waals surface area contributed by atoms with Crippen molar-refractivity contribution in [2.45, 2.75) is 103 Å². The molecule has 0 spiro atoms. The number of amides is 1. The standard InChI is InChI=1S/C23H41N3O/c1-2-3-4-5-6-7-8-9-10-11-12-13-14-15-16-17-23(27)25-19-18-22-20-24-21-26-22/h9-10,20-21H,2-8,11-19H2,1H3,(H,24,26)(H,25,27)/b10-9-. The Labute approximate surface area is 166 Å². The van der Waals surface area contributed by atoms with Crippen molar-refractivity contribution in [1.82, 2.24) is 15.3 Å². The summed E-state index contributed by atoms with van der Waals surface area (Å²) in [6.45, 7) is 2.96. The van der Waals surface area contributed by atoms with E-state index in [4.69, 9.17) is 0 Å². The van der Waals surface area contributed by atoms with Gasteiger partial charge in [0.05, 0.1) is 6.33 Å². The third kappa shape index (κ3) is 15.2. The van der Waals surface area contributed by atoms with Crippen molar-refractivity contribution < 1.29 is 4.79 Å². The predicted molar refractivity (Wildman–Crippen MR) is 115 cm³/mol. The van der Waals surface area contributed by atoms with E-state index in [-0.39, 0.29) is 5.91 Å². The van der Waals surface area contributed by atoms with Crippen molar-refractivity contribution >= 4 is 5.91 Å². The van der Waals surface area contributed by atoms with Crippen molar-refractivity contribution in [1.29, 1.82) is 0 Å². The van der Waals surface area contributed by atoms with E-state index in [1.54, 1.807) is 12.5 Å². The first kappa shape index (κ1) is 23.5. The van der Waals surface area contributed by atoms with Gasteiger partial charge >= 0.3 is 0 Å². The lowest BCUT2D eigenvalue weighted by molar-refractivity contribution is -0.121. The van der Waals surface area contributed by atoms with Crippen LogP contribution >= 0.6 is 0 Å². The molecule has 0 aliphatic rings. The molecular formula is C23H41N3O. The number of H-pyrrole nitrogens is 1. The van der Waals surface area contributed by atoms with Crippen LogP contribution in [0.25, 0.3) is 0 Å². The number of allylic oxidation sites excluding steroid dienone is 2. The molecule has 1 heterocycles. The summed E-state index contributed by atoms with van der Waals surface area (Å²) < 4.78 is 0. The SMILES string of the molecule is CCCCCCCC/C=C\CCCCCCCC(=O)NCCc1cnc[nH]1. The molecule has 4 heteroatoms. The van der Waals surface area contributed by atoms with Crippen molar-refractivity contribution in [3.05, 3.63) is 30.4 Å². The summed E-state index contributed by atoms with van der Waals surface area (Å²) in [5.41, 5.74) is 1.07. The Bertz CT molecular complexity index is 468. The first-order valence-corrected chi connectivity index (χ1v) is 11.2. The number of carbonyl (C=O) groups is 1. The summed E-state index contributed by atoms with van der Waals surface area (Å²) in [5.74, 6) is 0.173. The molecule has 0 aromatic carbocycles. The highest BCUT2D eigenvalue weighted by Crippen LogP contribution is 2.10. The number of hydrogen-bond donors (Lipinski definition) is 2. The molecule has 1 rings (SSSR count). The number of hydrogen-bond acceptors (Lipinski definition) is 2. The van der Waals surface area contributed by atoms with E-state index in [9.17, 15) is 4.79 Å². The molecular weight excluding hydrogens is 334 g/mol. The zero-order valence-electron chi connectivity index (χ0n) is 17.5. The molecule has 0 unspecified atom stereocenters. The normalized spacial score (nSPS) is 11.3. The van der Waals surface area contributed by atoms with E-state index in [0.717, 1.165) is 25.0 Å². The number of aromatic nitrogens is 2. The maximum absolute atomic E-state index is 11.8. The van der Waals surface area contributed by atoms with E-state index >= 15 is 0 Å². The number of aromatic amines is 1. The van der Waals surface area contributed by atoms with E-state index in [2.05, 4.69) is 34.4 Å². The summed E-state index contributed by atoms with van der Waals surface area (Å²) in [4.78, 5) is 18.8. The fraction of sp³-hybridized carbons (Fsp3) is 0.739. The van der Waals surface area contributed by atoms with Crippen LogP contribution < -0.4 is 5.32 Å². The average molecular weight is 376 g/mol. The van der Waals surface area contributed by atoms with Gasteiger partial charge in [0, 0.05) is 31.3 Å². The van der Waals surface area contributed by atoms with E-state index in [0.29, 0.717) is 13.0 Å². The molecule has 0 atom stereocenters. The zero-order chi connectivity index (χ0) is 19.4. The van der Waals surface area contributed by atoms with Gasteiger partial charge in [0.2, 0.25) is 5.91 Å². The van der Waals surface area contributed by atoms with Gasteiger partial charge in [-0.05, 0) is 32.1 Å². The number of nitrogens with one attached hydrogen (secondary N) is 2. The molecule has 1 aromatic rings. The first-order chi connectivity index (χ1) is 13.3. The van der Waals surface area contributed by atoms with Crippen LogP contribution in [0, 0.1) is 0 Å². The molecule has 154 valence electrons. The van der Waals surface area contributed by atoms with E-state index < -0.39 is 0 Å². The Kier molecular flexibility index (Phi) is 15.5. The fourth-order valence-corrected chi connectivity index (χ4v) is 3.20. The lowest BCUT2D eigenvalue weighted by Gasteiger charge is -2.04. The van der Waals surface area contributed by atoms with Crippen molar-refractivity contribution in [3.8, 4) is 0 Å². The van der Waals surface area contributed by atoms with Gasteiger partial charge in [-0.1, -0.05) is 70.4 Å². The summed E-state index contributed by atoms with van der Waals surface area (Å²) in [7, 11) is 0. The van der Waals surface area contributed by atoms with Crippen LogP contribution in [0.15, 0.2) is 24.7 Å². The Morgan fingerprint density at radius 2 is 1.59 bits per heavy atom. The quantitative estimate of drug-likeness (QED) is 0.240. The van der Waals surface area contributed by atoms with Gasteiger partial charge in [-0.2, -0.15) is 0 Å². The van der Waals surface area contributed by atoms with Gasteiger partial charge in [-0.3, -0.25) is 4.79 Å². The molecule has 1 amide bonds. The largest absolute Gasteiger partial charge is 0.356 e. The van der Waals surface area contributed by atoms with E-state index in [1.165, 1.54) is 70.6 Å². The second-order valence-corrected chi connectivity index (χ2v) is 7.51. The maximum atomic E-state index is 11.8. The van der Waals surface area contributed by atoms with Gasteiger partial charge in [-0.15, -0.1) is 0 Å². The second kappa shape index (κ2) is 17.8. The van der Waals surface area contributed by atoms with Crippen LogP contribution in [0.3, 0.4) is 0 Å². The molecule has 0 aliphatic carbocycles. The molecule has 0 radical (unpaired) electrons. The fourth-order valence-electron chi connectivity index (χ4n) is 3.20. The highest BCUT2D eigenvalue weighted by atomic mass is 16.1. The first-order valence-electron chi connectivity index (χ1n) is 11.2. The molecule has 4 nitrogen and oxygen atoms in total. The molecule has 0 fully saturated rings. The summed E-state index contributed by atoms with van der Waals surface area (Å²) >= 11 is 0. The summed E-state index contributed by atoms with van der Waals surface area (Å²) in [6.07, 6.45) is 26.4. The van der Waals surface area contributed by atoms with Crippen LogP contribution in [-0.4, -0.2) is 22.4 Å². The number of imidazole rings is 1. The Morgan fingerprint density at radius 3 is 2.22 bits per heavy atom. The van der Waals surface area contributed by atoms with Crippen LogP contribution in [-0.2, 0) is 11.2 Å². The number of nitrogens with zero attached hydrogens (tertiary/aromatic N) is 1. The second-order valence-electron chi connectivity index (χ2n) is 7.51. The molecule has 0 bridgehead atoms. The molecule has 0 saturated carbocycles. The molecule has 0 aliphatic heterocycles. The smallest absolute Gasteiger partial charge is 0.220 e. The minimum atomic E-state index is 0.173. The van der Waals surface area contributed by atoms with Crippen LogP contribution in [0.5, 0.6) is 0 Å². The molecule has 1 aromatic heterocycles. The van der Waals surface area contributed by atoms with Crippen LogP contribution in [0.4, 0.5) is 0 Å². The number of rotatable bonds is 18. The van der Waals surface area contributed by atoms with Crippen LogP contribution in [0.1, 0.15) is 103 Å². The van der Waals surface area contributed by atoms with Gasteiger partial charge < -0.3 is 10.3 Å². The van der Waals surface area contributed by atoms with Crippen LogP contribution in [0.2, 0.25) is 0 Å². The van der Waals surface area contributed by atoms with Crippen molar-refractivity contribution in [3.63, 3.8) is 0 Å². The number of unbranched alkanes of at least 4 members (excludes halogenated alkanes) is 11. The third-order valence-electron chi connectivity index (χ3n) is 4.94. The average Bonchev–Trinajstić information content (AvgIpc) is 3.18. The van der Waals surface area contributed by atoms with Gasteiger partial charge in [0.25, 0.3) is 0 Å². The monoisotopic (exact) mass is 375 g/mol. The Morgan fingerprint density at radius 1 is 0.963 bits per heavy atom. The van der Waals surface area contributed by atoms with Crippen molar-refractivity contribution in [2.24, 2.45) is 0 Å². The maximum Gasteiger partial charge on any atom is 0.220 e. The predicted octanol–water partition coefficient (Wildman–Crippen LogP) is 6.11. The minimum Gasteiger partial charge on any atom is -0.356 e. The minimum absolute atomic E-state index is 0.173. The Balaban J connectivity index is 1.78. The zero-order valence-corrected chi connectivity index (χ0v) is 17.5. The molecule has 2 N–H and O–H groups in total.